The molecule has 0 radical (unpaired) electrons. The molecule has 2 unspecified atom stereocenters. The average molecular weight is 293 g/mol. The Balaban J connectivity index is 2.50. The summed E-state index contributed by atoms with van der Waals surface area (Å²) in [5, 5.41) is 1.14. The standard InChI is InChI=1S/C14H17BrN2/c1-3-9(2)13(16)14-11(15)8-10-6-4-5-7-12(10)17-14/h4-9,13H,3,16H2,1-2H3. The fourth-order valence-corrected chi connectivity index (χ4v) is 2.46. The van der Waals surface area contributed by atoms with Crippen LogP contribution >= 0.6 is 15.9 Å². The lowest BCUT2D eigenvalue weighted by Crippen LogP contribution is -2.20. The van der Waals surface area contributed by atoms with Crippen LogP contribution in [0, 0.1) is 5.92 Å². The number of aromatic nitrogens is 1. The lowest BCUT2D eigenvalue weighted by Gasteiger charge is -2.19. The second-order valence-electron chi connectivity index (χ2n) is 4.46. The van der Waals surface area contributed by atoms with Gasteiger partial charge in [0.25, 0.3) is 0 Å². The van der Waals surface area contributed by atoms with Crippen LogP contribution in [0.5, 0.6) is 0 Å². The van der Waals surface area contributed by atoms with E-state index in [2.05, 4.69) is 46.9 Å². The summed E-state index contributed by atoms with van der Waals surface area (Å²) in [6.45, 7) is 4.31. The number of hydrogen-bond donors (Lipinski definition) is 1. The zero-order valence-electron chi connectivity index (χ0n) is 10.2. The molecule has 0 bridgehead atoms. The third kappa shape index (κ3) is 2.50. The van der Waals surface area contributed by atoms with Crippen LogP contribution in [-0.4, -0.2) is 4.98 Å². The molecule has 1 aromatic heterocycles. The Kier molecular flexibility index (Phi) is 3.79. The van der Waals surface area contributed by atoms with Crippen molar-refractivity contribution in [2.75, 3.05) is 0 Å². The molecule has 1 heterocycles. The van der Waals surface area contributed by atoms with Gasteiger partial charge in [0, 0.05) is 9.86 Å². The van der Waals surface area contributed by atoms with Gasteiger partial charge in [0.05, 0.1) is 17.3 Å². The lowest BCUT2D eigenvalue weighted by atomic mass is 9.96. The first kappa shape index (κ1) is 12.5. The van der Waals surface area contributed by atoms with Crippen molar-refractivity contribution in [2.45, 2.75) is 26.3 Å². The van der Waals surface area contributed by atoms with Crippen molar-refractivity contribution in [2.24, 2.45) is 11.7 Å². The van der Waals surface area contributed by atoms with Gasteiger partial charge < -0.3 is 5.73 Å². The van der Waals surface area contributed by atoms with Gasteiger partial charge >= 0.3 is 0 Å². The Hall–Kier alpha value is -0.930. The smallest absolute Gasteiger partial charge is 0.0723 e. The van der Waals surface area contributed by atoms with E-state index >= 15 is 0 Å². The van der Waals surface area contributed by atoms with E-state index in [0.29, 0.717) is 5.92 Å². The molecule has 2 rings (SSSR count). The topological polar surface area (TPSA) is 38.9 Å². The highest BCUT2D eigenvalue weighted by Gasteiger charge is 2.17. The molecule has 0 aliphatic carbocycles. The molecule has 0 amide bonds. The number of halogens is 1. The molecule has 0 saturated heterocycles. The summed E-state index contributed by atoms with van der Waals surface area (Å²) in [7, 11) is 0. The Morgan fingerprint density at radius 3 is 2.76 bits per heavy atom. The fraction of sp³-hybridized carbons (Fsp3) is 0.357. The van der Waals surface area contributed by atoms with Crippen LogP contribution in [-0.2, 0) is 0 Å². The van der Waals surface area contributed by atoms with Crippen LogP contribution in [0.2, 0.25) is 0 Å². The van der Waals surface area contributed by atoms with Crippen LogP contribution in [0.15, 0.2) is 34.8 Å². The summed E-state index contributed by atoms with van der Waals surface area (Å²) in [5.74, 6) is 0.431. The Labute approximate surface area is 110 Å². The van der Waals surface area contributed by atoms with E-state index < -0.39 is 0 Å². The highest BCUT2D eigenvalue weighted by atomic mass is 79.9. The van der Waals surface area contributed by atoms with Gasteiger partial charge in [0.15, 0.2) is 0 Å². The number of pyridine rings is 1. The Bertz CT molecular complexity index is 525. The van der Waals surface area contributed by atoms with E-state index in [1.165, 1.54) is 0 Å². The van der Waals surface area contributed by atoms with Crippen LogP contribution in [0.25, 0.3) is 10.9 Å². The number of nitrogens with two attached hydrogens (primary N) is 1. The van der Waals surface area contributed by atoms with Gasteiger partial charge in [-0.05, 0) is 34.0 Å². The third-order valence-electron chi connectivity index (χ3n) is 3.28. The number of benzene rings is 1. The van der Waals surface area contributed by atoms with Crippen molar-refractivity contribution in [1.82, 2.24) is 4.98 Å². The first-order chi connectivity index (χ1) is 8.13. The monoisotopic (exact) mass is 292 g/mol. The predicted octanol–water partition coefficient (Wildman–Crippen LogP) is 4.04. The third-order valence-corrected chi connectivity index (χ3v) is 3.91. The largest absolute Gasteiger partial charge is 0.322 e. The number of rotatable bonds is 3. The number of para-hydroxylation sites is 1. The lowest BCUT2D eigenvalue weighted by molar-refractivity contribution is 0.448. The molecule has 0 spiro atoms. The molecule has 2 nitrogen and oxygen atoms in total. The van der Waals surface area contributed by atoms with Crippen molar-refractivity contribution < 1.29 is 0 Å². The molecular weight excluding hydrogens is 276 g/mol. The van der Waals surface area contributed by atoms with Gasteiger partial charge in [0.2, 0.25) is 0 Å². The maximum atomic E-state index is 6.25. The van der Waals surface area contributed by atoms with E-state index in [-0.39, 0.29) is 6.04 Å². The number of hydrogen-bond acceptors (Lipinski definition) is 2. The molecule has 0 saturated carbocycles. The van der Waals surface area contributed by atoms with Gasteiger partial charge in [-0.2, -0.15) is 0 Å². The molecule has 0 aliphatic rings. The van der Waals surface area contributed by atoms with Crippen molar-refractivity contribution in [3.05, 3.63) is 40.5 Å². The van der Waals surface area contributed by atoms with E-state index in [1.54, 1.807) is 0 Å². The molecule has 1 aromatic carbocycles. The van der Waals surface area contributed by atoms with E-state index in [1.807, 2.05) is 18.2 Å². The van der Waals surface area contributed by atoms with Gasteiger partial charge in [-0.1, -0.05) is 38.5 Å². The van der Waals surface area contributed by atoms with E-state index in [4.69, 9.17) is 5.73 Å². The maximum Gasteiger partial charge on any atom is 0.0723 e. The van der Waals surface area contributed by atoms with Gasteiger partial charge in [-0.15, -0.1) is 0 Å². The fourth-order valence-electron chi connectivity index (χ4n) is 1.86. The zero-order chi connectivity index (χ0) is 12.4. The second-order valence-corrected chi connectivity index (χ2v) is 5.31. The molecule has 2 N–H and O–H groups in total. The first-order valence-electron chi connectivity index (χ1n) is 5.94. The van der Waals surface area contributed by atoms with E-state index in [0.717, 1.165) is 27.5 Å². The predicted molar refractivity (Wildman–Crippen MR) is 75.8 cm³/mol. The summed E-state index contributed by atoms with van der Waals surface area (Å²) in [5.41, 5.74) is 8.21. The van der Waals surface area contributed by atoms with Crippen molar-refractivity contribution in [1.29, 1.82) is 0 Å². The summed E-state index contributed by atoms with van der Waals surface area (Å²) < 4.78 is 1.00. The molecule has 2 atom stereocenters. The summed E-state index contributed by atoms with van der Waals surface area (Å²) in [4.78, 5) is 4.67. The molecule has 0 aliphatic heterocycles. The van der Waals surface area contributed by atoms with Crippen LogP contribution in [0.3, 0.4) is 0 Å². The summed E-state index contributed by atoms with van der Waals surface area (Å²) in [6, 6.07) is 10.2. The highest BCUT2D eigenvalue weighted by Crippen LogP contribution is 2.29. The van der Waals surface area contributed by atoms with Gasteiger partial charge in [-0.3, -0.25) is 0 Å². The molecular formula is C14H17BrN2. The molecule has 3 heteroatoms. The van der Waals surface area contributed by atoms with Crippen LogP contribution in [0.4, 0.5) is 0 Å². The molecule has 17 heavy (non-hydrogen) atoms. The van der Waals surface area contributed by atoms with Gasteiger partial charge in [0.1, 0.15) is 0 Å². The Morgan fingerprint density at radius 2 is 2.06 bits per heavy atom. The minimum Gasteiger partial charge on any atom is -0.322 e. The average Bonchev–Trinajstić information content (AvgIpc) is 2.36. The minimum atomic E-state index is -0.0148. The van der Waals surface area contributed by atoms with Crippen molar-refractivity contribution >= 4 is 26.8 Å². The first-order valence-corrected chi connectivity index (χ1v) is 6.73. The normalized spacial score (nSPS) is 14.8. The molecule has 0 fully saturated rings. The molecule has 2 aromatic rings. The zero-order valence-corrected chi connectivity index (χ0v) is 11.7. The SMILES string of the molecule is CCC(C)C(N)c1nc2ccccc2cc1Br. The van der Waals surface area contributed by atoms with Gasteiger partial charge in [-0.25, -0.2) is 4.98 Å². The second kappa shape index (κ2) is 5.15. The van der Waals surface area contributed by atoms with Crippen molar-refractivity contribution in [3.8, 4) is 0 Å². The van der Waals surface area contributed by atoms with Crippen molar-refractivity contribution in [3.63, 3.8) is 0 Å². The Morgan fingerprint density at radius 1 is 1.35 bits per heavy atom. The summed E-state index contributed by atoms with van der Waals surface area (Å²) in [6.07, 6.45) is 1.06. The van der Waals surface area contributed by atoms with Crippen LogP contribution < -0.4 is 5.73 Å². The highest BCUT2D eigenvalue weighted by molar-refractivity contribution is 9.10. The molecule has 90 valence electrons. The quantitative estimate of drug-likeness (QED) is 0.927. The van der Waals surface area contributed by atoms with Crippen LogP contribution in [0.1, 0.15) is 32.0 Å². The maximum absolute atomic E-state index is 6.25. The minimum absolute atomic E-state index is 0.0148. The van der Waals surface area contributed by atoms with E-state index in [9.17, 15) is 0 Å². The summed E-state index contributed by atoms with van der Waals surface area (Å²) >= 11 is 3.57. The number of nitrogens with zero attached hydrogens (tertiary/aromatic N) is 1. The number of fused-ring (bicyclic) bond motifs is 1.